The lowest BCUT2D eigenvalue weighted by Gasteiger charge is -2.20. The third-order valence-corrected chi connectivity index (χ3v) is 2.30. The fourth-order valence-corrected chi connectivity index (χ4v) is 1.56. The zero-order valence-electron chi connectivity index (χ0n) is 11.9. The molecule has 0 radical (unpaired) electrons. The second-order valence-corrected chi connectivity index (χ2v) is 5.44. The molecular weight excluding hydrogens is 260 g/mol. The molecule has 0 saturated heterocycles. The van der Waals surface area contributed by atoms with Crippen LogP contribution >= 0.6 is 0 Å². The highest BCUT2D eigenvalue weighted by atomic mass is 16.4. The number of aromatic carboxylic acids is 1. The van der Waals surface area contributed by atoms with E-state index in [0.717, 1.165) is 0 Å². The number of nitrogen functional groups attached to an aromatic ring is 1. The van der Waals surface area contributed by atoms with Gasteiger partial charge in [0.1, 0.15) is 11.4 Å². The number of carbonyl (C=O) groups excluding carboxylic acids is 1. The largest absolute Gasteiger partial charge is 0.478 e. The van der Waals surface area contributed by atoms with Gasteiger partial charge in [-0.3, -0.25) is 4.79 Å². The zero-order valence-corrected chi connectivity index (χ0v) is 11.9. The average molecular weight is 280 g/mol. The number of carbonyl (C=O) groups is 2. The van der Waals surface area contributed by atoms with E-state index in [1.807, 2.05) is 20.8 Å². The van der Waals surface area contributed by atoms with Crippen molar-refractivity contribution in [3.05, 3.63) is 17.8 Å². The van der Waals surface area contributed by atoms with E-state index >= 15 is 0 Å². The topological polar surface area (TPSA) is 117 Å². The Morgan fingerprint density at radius 2 is 2.05 bits per heavy atom. The molecule has 1 aromatic heterocycles. The predicted octanol–water partition coefficient (Wildman–Crippen LogP) is 1.08. The van der Waals surface area contributed by atoms with Crippen LogP contribution in [0, 0.1) is 0 Å². The fraction of sp³-hybridized carbons (Fsp3) is 0.462. The molecule has 1 amide bonds. The van der Waals surface area contributed by atoms with Gasteiger partial charge in [-0.2, -0.15) is 0 Å². The van der Waals surface area contributed by atoms with Gasteiger partial charge in [0.15, 0.2) is 0 Å². The molecule has 0 atom stereocenters. The highest BCUT2D eigenvalue weighted by Crippen LogP contribution is 2.15. The van der Waals surface area contributed by atoms with E-state index in [2.05, 4.69) is 15.6 Å². The summed E-state index contributed by atoms with van der Waals surface area (Å²) in [5, 5.41) is 14.7. The Kier molecular flexibility index (Phi) is 4.90. The van der Waals surface area contributed by atoms with Gasteiger partial charge in [-0.1, -0.05) is 0 Å². The number of nitrogens with two attached hydrogens (primary N) is 1. The van der Waals surface area contributed by atoms with Crippen molar-refractivity contribution in [3.8, 4) is 0 Å². The number of pyridine rings is 1. The number of carboxylic acids is 1. The number of rotatable bonds is 5. The summed E-state index contributed by atoms with van der Waals surface area (Å²) in [5.41, 5.74) is 5.47. The van der Waals surface area contributed by atoms with Crippen molar-refractivity contribution in [1.29, 1.82) is 0 Å². The van der Waals surface area contributed by atoms with Crippen molar-refractivity contribution in [2.45, 2.75) is 32.7 Å². The van der Waals surface area contributed by atoms with E-state index in [1.54, 1.807) is 0 Å². The third kappa shape index (κ3) is 5.13. The molecule has 20 heavy (non-hydrogen) atoms. The fourth-order valence-electron chi connectivity index (χ4n) is 1.56. The summed E-state index contributed by atoms with van der Waals surface area (Å²) in [4.78, 5) is 26.6. The Balaban J connectivity index is 2.58. The van der Waals surface area contributed by atoms with Crippen LogP contribution in [0.3, 0.4) is 0 Å². The Morgan fingerprint density at radius 3 is 2.60 bits per heavy atom. The number of nitrogens with one attached hydrogen (secondary N) is 2. The predicted molar refractivity (Wildman–Crippen MR) is 76.6 cm³/mol. The maximum Gasteiger partial charge on any atom is 0.339 e. The molecule has 0 aliphatic heterocycles. The minimum absolute atomic E-state index is 0.0128. The van der Waals surface area contributed by atoms with E-state index in [9.17, 15) is 9.59 Å². The highest BCUT2D eigenvalue weighted by Gasteiger charge is 2.15. The van der Waals surface area contributed by atoms with E-state index < -0.39 is 5.97 Å². The number of amides is 1. The van der Waals surface area contributed by atoms with Crippen molar-refractivity contribution in [2.75, 3.05) is 17.6 Å². The zero-order chi connectivity index (χ0) is 15.3. The standard InChI is InChI=1S/C13H20N4O3/c1-13(2,3)17-10(18)4-5-15-11-9(12(19)20)6-8(14)7-16-11/h6-7H,4-5,14H2,1-3H3,(H,15,16)(H,17,18)(H,19,20). The summed E-state index contributed by atoms with van der Waals surface area (Å²) in [6.07, 6.45) is 1.59. The normalized spacial score (nSPS) is 10.9. The van der Waals surface area contributed by atoms with Gasteiger partial charge in [0.25, 0.3) is 0 Å². The lowest BCUT2D eigenvalue weighted by atomic mass is 10.1. The Morgan fingerprint density at radius 1 is 1.40 bits per heavy atom. The van der Waals surface area contributed by atoms with Crippen molar-refractivity contribution < 1.29 is 14.7 Å². The van der Waals surface area contributed by atoms with Crippen LogP contribution < -0.4 is 16.4 Å². The van der Waals surface area contributed by atoms with Crippen LogP contribution in [0.2, 0.25) is 0 Å². The van der Waals surface area contributed by atoms with Crippen LogP contribution in [0.1, 0.15) is 37.6 Å². The summed E-state index contributed by atoms with van der Waals surface area (Å²) in [6.45, 7) is 5.96. The van der Waals surface area contributed by atoms with Crippen LogP contribution in [0.4, 0.5) is 11.5 Å². The molecule has 0 fully saturated rings. The summed E-state index contributed by atoms with van der Waals surface area (Å²) < 4.78 is 0. The number of carboxylic acid groups (broad SMARTS) is 1. The van der Waals surface area contributed by atoms with Gasteiger partial charge in [0.2, 0.25) is 5.91 Å². The van der Waals surface area contributed by atoms with Gasteiger partial charge in [-0.05, 0) is 26.8 Å². The summed E-state index contributed by atoms with van der Waals surface area (Å²) >= 11 is 0. The molecule has 1 rings (SSSR count). The smallest absolute Gasteiger partial charge is 0.339 e. The number of hydrogen-bond donors (Lipinski definition) is 4. The van der Waals surface area contributed by atoms with Crippen LogP contribution in [0.5, 0.6) is 0 Å². The second kappa shape index (κ2) is 6.23. The summed E-state index contributed by atoms with van der Waals surface area (Å²) in [6, 6.07) is 1.33. The molecule has 110 valence electrons. The van der Waals surface area contributed by atoms with Crippen molar-refractivity contribution >= 4 is 23.4 Å². The van der Waals surface area contributed by atoms with E-state index in [0.29, 0.717) is 6.54 Å². The third-order valence-electron chi connectivity index (χ3n) is 2.30. The van der Waals surface area contributed by atoms with Crippen LogP contribution in [0.15, 0.2) is 12.3 Å². The molecule has 0 aliphatic rings. The summed E-state index contributed by atoms with van der Waals surface area (Å²) in [5.74, 6) is -1.03. The van der Waals surface area contributed by atoms with Crippen LogP contribution in [-0.4, -0.2) is 34.1 Å². The lowest BCUT2D eigenvalue weighted by Crippen LogP contribution is -2.41. The Labute approximate surface area is 117 Å². The maximum absolute atomic E-state index is 11.6. The van der Waals surface area contributed by atoms with Gasteiger partial charge in [0, 0.05) is 18.5 Å². The quantitative estimate of drug-likeness (QED) is 0.641. The molecule has 0 bridgehead atoms. The van der Waals surface area contributed by atoms with Crippen LogP contribution in [-0.2, 0) is 4.79 Å². The molecule has 7 heteroatoms. The number of nitrogens with zero attached hydrogens (tertiary/aromatic N) is 1. The lowest BCUT2D eigenvalue weighted by molar-refractivity contribution is -0.122. The van der Waals surface area contributed by atoms with Crippen molar-refractivity contribution in [1.82, 2.24) is 10.3 Å². The first-order valence-corrected chi connectivity index (χ1v) is 6.23. The first kappa shape index (κ1) is 15.7. The van der Waals surface area contributed by atoms with Crippen molar-refractivity contribution in [3.63, 3.8) is 0 Å². The molecule has 1 heterocycles. The SMILES string of the molecule is CC(C)(C)NC(=O)CCNc1ncc(N)cc1C(=O)O. The highest BCUT2D eigenvalue weighted by molar-refractivity contribution is 5.94. The minimum Gasteiger partial charge on any atom is -0.478 e. The molecular formula is C13H20N4O3. The van der Waals surface area contributed by atoms with Gasteiger partial charge >= 0.3 is 5.97 Å². The molecule has 7 nitrogen and oxygen atoms in total. The minimum atomic E-state index is -1.12. The molecule has 0 unspecified atom stereocenters. The van der Waals surface area contributed by atoms with E-state index in [1.165, 1.54) is 12.3 Å². The van der Waals surface area contributed by atoms with E-state index in [4.69, 9.17) is 10.8 Å². The molecule has 0 aliphatic carbocycles. The van der Waals surface area contributed by atoms with Gasteiger partial charge in [-0.15, -0.1) is 0 Å². The molecule has 0 aromatic carbocycles. The van der Waals surface area contributed by atoms with Gasteiger partial charge in [0.05, 0.1) is 11.9 Å². The van der Waals surface area contributed by atoms with Gasteiger partial charge < -0.3 is 21.5 Å². The van der Waals surface area contributed by atoms with E-state index in [-0.39, 0.29) is 34.9 Å². The second-order valence-electron chi connectivity index (χ2n) is 5.44. The monoisotopic (exact) mass is 280 g/mol. The average Bonchev–Trinajstić information content (AvgIpc) is 2.28. The summed E-state index contributed by atoms with van der Waals surface area (Å²) in [7, 11) is 0. The number of aromatic nitrogens is 1. The molecule has 0 saturated carbocycles. The first-order chi connectivity index (χ1) is 9.19. The molecule has 0 spiro atoms. The molecule has 5 N–H and O–H groups in total. The Bertz CT molecular complexity index is 509. The maximum atomic E-state index is 11.6. The number of anilines is 2. The Hall–Kier alpha value is -2.31. The first-order valence-electron chi connectivity index (χ1n) is 6.23. The van der Waals surface area contributed by atoms with Crippen molar-refractivity contribution in [2.24, 2.45) is 0 Å². The number of hydrogen-bond acceptors (Lipinski definition) is 5. The molecule has 1 aromatic rings. The van der Waals surface area contributed by atoms with Gasteiger partial charge in [-0.25, -0.2) is 9.78 Å². The van der Waals surface area contributed by atoms with Crippen LogP contribution in [0.25, 0.3) is 0 Å².